The van der Waals surface area contributed by atoms with Gasteiger partial charge in [0.05, 0.1) is 6.61 Å². The standard InChI is InChI=1S/C12H19NO2/c1-13-8-7-11-5-3-4-6-12(11)15-10-9-14-2/h3-6,13H,7-10H2,1-2H3. The SMILES string of the molecule is CNCCc1ccccc1OCCOC. The summed E-state index contributed by atoms with van der Waals surface area (Å²) in [6, 6.07) is 8.12. The molecule has 0 saturated heterocycles. The van der Waals surface area contributed by atoms with Crippen LogP contribution in [0.5, 0.6) is 5.75 Å². The lowest BCUT2D eigenvalue weighted by atomic mass is 10.1. The molecule has 1 aromatic rings. The maximum absolute atomic E-state index is 5.62. The van der Waals surface area contributed by atoms with Gasteiger partial charge in [0.2, 0.25) is 0 Å². The minimum Gasteiger partial charge on any atom is -0.491 e. The third kappa shape index (κ3) is 4.32. The molecule has 1 N–H and O–H groups in total. The highest BCUT2D eigenvalue weighted by Crippen LogP contribution is 2.17. The number of ether oxygens (including phenoxy) is 2. The Morgan fingerprint density at radius 2 is 2.00 bits per heavy atom. The van der Waals surface area contributed by atoms with Gasteiger partial charge in [-0.15, -0.1) is 0 Å². The van der Waals surface area contributed by atoms with E-state index >= 15 is 0 Å². The molecule has 3 nitrogen and oxygen atoms in total. The van der Waals surface area contributed by atoms with Gasteiger partial charge in [-0.1, -0.05) is 18.2 Å². The summed E-state index contributed by atoms with van der Waals surface area (Å²) in [4.78, 5) is 0. The second-order valence-electron chi connectivity index (χ2n) is 3.30. The molecule has 84 valence electrons. The van der Waals surface area contributed by atoms with Crippen LogP contribution in [-0.4, -0.2) is 33.9 Å². The molecule has 0 atom stereocenters. The molecule has 0 aliphatic carbocycles. The quantitative estimate of drug-likeness (QED) is 0.690. The first-order valence-corrected chi connectivity index (χ1v) is 5.22. The van der Waals surface area contributed by atoms with Gasteiger partial charge in [-0.25, -0.2) is 0 Å². The number of likely N-dealkylation sites (N-methyl/N-ethyl adjacent to an activating group) is 1. The fraction of sp³-hybridized carbons (Fsp3) is 0.500. The summed E-state index contributed by atoms with van der Waals surface area (Å²) in [6.45, 7) is 2.19. The molecule has 0 aliphatic rings. The van der Waals surface area contributed by atoms with E-state index in [0.29, 0.717) is 13.2 Å². The zero-order chi connectivity index (χ0) is 10.9. The highest BCUT2D eigenvalue weighted by Gasteiger charge is 2.01. The van der Waals surface area contributed by atoms with Crippen molar-refractivity contribution < 1.29 is 9.47 Å². The summed E-state index contributed by atoms with van der Waals surface area (Å²) in [5.41, 5.74) is 1.24. The number of hydrogen-bond acceptors (Lipinski definition) is 3. The second kappa shape index (κ2) is 7.26. The summed E-state index contributed by atoms with van der Waals surface area (Å²) in [7, 11) is 3.63. The molecule has 0 unspecified atom stereocenters. The van der Waals surface area contributed by atoms with Gasteiger partial charge in [0.15, 0.2) is 0 Å². The number of para-hydroxylation sites is 1. The van der Waals surface area contributed by atoms with Crippen molar-refractivity contribution in [2.45, 2.75) is 6.42 Å². The highest BCUT2D eigenvalue weighted by atomic mass is 16.5. The third-order valence-corrected chi connectivity index (χ3v) is 2.16. The topological polar surface area (TPSA) is 30.5 Å². The van der Waals surface area contributed by atoms with Crippen LogP contribution < -0.4 is 10.1 Å². The van der Waals surface area contributed by atoms with E-state index in [4.69, 9.17) is 9.47 Å². The fourth-order valence-corrected chi connectivity index (χ4v) is 1.35. The first kappa shape index (κ1) is 12.0. The predicted molar refractivity (Wildman–Crippen MR) is 61.4 cm³/mol. The van der Waals surface area contributed by atoms with Gasteiger partial charge in [-0.2, -0.15) is 0 Å². The monoisotopic (exact) mass is 209 g/mol. The van der Waals surface area contributed by atoms with E-state index in [0.717, 1.165) is 18.7 Å². The average Bonchev–Trinajstić information content (AvgIpc) is 2.28. The van der Waals surface area contributed by atoms with E-state index in [1.54, 1.807) is 7.11 Å². The van der Waals surface area contributed by atoms with Gasteiger partial charge in [0.1, 0.15) is 12.4 Å². The Bertz CT molecular complexity index is 276. The Labute approximate surface area is 91.4 Å². The van der Waals surface area contributed by atoms with Crippen LogP contribution in [-0.2, 0) is 11.2 Å². The van der Waals surface area contributed by atoms with Gasteiger partial charge in [0, 0.05) is 7.11 Å². The van der Waals surface area contributed by atoms with Crippen LogP contribution in [0.4, 0.5) is 0 Å². The van der Waals surface area contributed by atoms with Crippen molar-refractivity contribution in [3.05, 3.63) is 29.8 Å². The van der Waals surface area contributed by atoms with E-state index in [9.17, 15) is 0 Å². The van der Waals surface area contributed by atoms with Crippen molar-refractivity contribution >= 4 is 0 Å². The molecule has 0 amide bonds. The van der Waals surface area contributed by atoms with Gasteiger partial charge < -0.3 is 14.8 Å². The van der Waals surface area contributed by atoms with E-state index in [-0.39, 0.29) is 0 Å². The molecule has 0 fully saturated rings. The fourth-order valence-electron chi connectivity index (χ4n) is 1.35. The number of nitrogens with one attached hydrogen (secondary N) is 1. The summed E-state index contributed by atoms with van der Waals surface area (Å²) >= 11 is 0. The summed E-state index contributed by atoms with van der Waals surface area (Å²) in [5.74, 6) is 0.963. The maximum atomic E-state index is 5.62. The molecule has 15 heavy (non-hydrogen) atoms. The summed E-state index contributed by atoms with van der Waals surface area (Å²) in [5, 5.41) is 3.13. The Morgan fingerprint density at radius 1 is 1.20 bits per heavy atom. The van der Waals surface area contributed by atoms with Crippen molar-refractivity contribution in [1.29, 1.82) is 0 Å². The second-order valence-corrected chi connectivity index (χ2v) is 3.30. The van der Waals surface area contributed by atoms with Crippen LogP contribution >= 0.6 is 0 Å². The molecule has 0 radical (unpaired) electrons. The zero-order valence-electron chi connectivity index (χ0n) is 9.45. The molecule has 0 bridgehead atoms. The van der Waals surface area contributed by atoms with E-state index in [2.05, 4.69) is 11.4 Å². The van der Waals surface area contributed by atoms with Gasteiger partial charge in [-0.3, -0.25) is 0 Å². The minimum absolute atomic E-state index is 0.604. The number of rotatable bonds is 7. The molecular formula is C12H19NO2. The molecule has 1 rings (SSSR count). The first-order valence-electron chi connectivity index (χ1n) is 5.22. The molecule has 0 aromatic heterocycles. The molecule has 0 spiro atoms. The molecular weight excluding hydrogens is 190 g/mol. The van der Waals surface area contributed by atoms with Crippen molar-refractivity contribution in [3.8, 4) is 5.75 Å². The molecule has 0 heterocycles. The lowest BCUT2D eigenvalue weighted by Crippen LogP contribution is -2.12. The number of hydrogen-bond donors (Lipinski definition) is 1. The van der Waals surface area contributed by atoms with Crippen molar-refractivity contribution in [2.24, 2.45) is 0 Å². The normalized spacial score (nSPS) is 10.3. The summed E-state index contributed by atoms with van der Waals surface area (Å²) in [6.07, 6.45) is 0.986. The largest absolute Gasteiger partial charge is 0.491 e. The lowest BCUT2D eigenvalue weighted by Gasteiger charge is -2.10. The average molecular weight is 209 g/mol. The molecule has 0 saturated carbocycles. The van der Waals surface area contributed by atoms with Crippen LogP contribution in [0.3, 0.4) is 0 Å². The van der Waals surface area contributed by atoms with E-state index < -0.39 is 0 Å². The lowest BCUT2D eigenvalue weighted by molar-refractivity contribution is 0.146. The van der Waals surface area contributed by atoms with Crippen molar-refractivity contribution in [2.75, 3.05) is 33.9 Å². The summed E-state index contributed by atoms with van der Waals surface area (Å²) < 4.78 is 10.6. The minimum atomic E-state index is 0.604. The van der Waals surface area contributed by atoms with Crippen molar-refractivity contribution in [1.82, 2.24) is 5.32 Å². The van der Waals surface area contributed by atoms with E-state index in [1.165, 1.54) is 5.56 Å². The smallest absolute Gasteiger partial charge is 0.122 e. The Balaban J connectivity index is 2.52. The molecule has 3 heteroatoms. The van der Waals surface area contributed by atoms with Gasteiger partial charge in [0.25, 0.3) is 0 Å². The van der Waals surface area contributed by atoms with Gasteiger partial charge in [-0.05, 0) is 31.6 Å². The maximum Gasteiger partial charge on any atom is 0.122 e. The van der Waals surface area contributed by atoms with E-state index in [1.807, 2.05) is 25.2 Å². The Hall–Kier alpha value is -1.06. The molecule has 0 aliphatic heterocycles. The Morgan fingerprint density at radius 3 is 2.73 bits per heavy atom. The van der Waals surface area contributed by atoms with Crippen LogP contribution in [0.15, 0.2) is 24.3 Å². The van der Waals surface area contributed by atoms with Gasteiger partial charge >= 0.3 is 0 Å². The Kier molecular flexibility index (Phi) is 5.81. The first-order chi connectivity index (χ1) is 7.38. The zero-order valence-corrected chi connectivity index (χ0v) is 9.45. The highest BCUT2D eigenvalue weighted by molar-refractivity contribution is 5.33. The van der Waals surface area contributed by atoms with Crippen LogP contribution in [0.25, 0.3) is 0 Å². The number of methoxy groups -OCH3 is 1. The van der Waals surface area contributed by atoms with Crippen LogP contribution in [0, 0.1) is 0 Å². The predicted octanol–water partition coefficient (Wildman–Crippen LogP) is 1.47. The van der Waals surface area contributed by atoms with Crippen LogP contribution in [0.1, 0.15) is 5.56 Å². The third-order valence-electron chi connectivity index (χ3n) is 2.16. The molecule has 1 aromatic carbocycles. The van der Waals surface area contributed by atoms with Crippen LogP contribution in [0.2, 0.25) is 0 Å². The van der Waals surface area contributed by atoms with Crippen molar-refractivity contribution in [3.63, 3.8) is 0 Å². The number of benzene rings is 1.